The molecule has 0 saturated carbocycles. The second-order valence-electron chi connectivity index (χ2n) is 5.00. The second kappa shape index (κ2) is 6.78. The van der Waals surface area contributed by atoms with Crippen LogP contribution in [0.4, 0.5) is 0 Å². The Kier molecular flexibility index (Phi) is 4.56. The zero-order valence-electron chi connectivity index (χ0n) is 12.6. The van der Waals surface area contributed by atoms with Crippen molar-refractivity contribution in [3.05, 3.63) is 30.1 Å². The third kappa shape index (κ3) is 3.67. The van der Waals surface area contributed by atoms with E-state index in [0.717, 1.165) is 11.3 Å². The van der Waals surface area contributed by atoms with Crippen LogP contribution in [0, 0.1) is 0 Å². The lowest BCUT2D eigenvalue weighted by Gasteiger charge is -2.21. The molecule has 0 saturated heterocycles. The number of ether oxygens (including phenoxy) is 2. The normalized spacial score (nSPS) is 14.3. The van der Waals surface area contributed by atoms with Gasteiger partial charge < -0.3 is 20.6 Å². The van der Waals surface area contributed by atoms with Gasteiger partial charge in [-0.05, 0) is 24.6 Å². The third-order valence-electron chi connectivity index (χ3n) is 3.32. The lowest BCUT2D eigenvalue weighted by molar-refractivity contribution is -0.119. The molecule has 1 aromatic heterocycles. The average molecular weight is 335 g/mol. The molecule has 3 N–H and O–H groups in total. The molecule has 122 valence electrons. The highest BCUT2D eigenvalue weighted by Gasteiger charge is 2.16. The quantitative estimate of drug-likeness (QED) is 0.613. The Morgan fingerprint density at radius 3 is 2.96 bits per heavy atom. The molecule has 1 aliphatic heterocycles. The number of aromatic nitrogens is 3. The molecule has 23 heavy (non-hydrogen) atoms. The summed E-state index contributed by atoms with van der Waals surface area (Å²) in [4.78, 5) is 12.0. The maximum atomic E-state index is 12.0. The van der Waals surface area contributed by atoms with Gasteiger partial charge in [0.15, 0.2) is 11.5 Å². The standard InChI is InChI=1S/C14H17N5O3S/c1-9(10-2-3-11-12(6-10)22-5-4-21-11)17-13(20)7-23-14-18-16-8-19(14)15/h2-3,6,8-9H,4-5,7,15H2,1H3,(H,17,20)/t9-/m1/s1. The molecule has 2 heterocycles. The SMILES string of the molecule is C[C@@H](NC(=O)CSc1nncn1N)c1ccc2c(c1)OCCO2. The van der Waals surface area contributed by atoms with Gasteiger partial charge in [-0.15, -0.1) is 10.2 Å². The molecule has 9 heteroatoms. The number of hydrogen-bond donors (Lipinski definition) is 2. The van der Waals surface area contributed by atoms with Crippen LogP contribution in [-0.4, -0.2) is 39.7 Å². The number of amides is 1. The minimum atomic E-state index is -0.144. The molecule has 0 unspecified atom stereocenters. The van der Waals surface area contributed by atoms with Gasteiger partial charge in [0.05, 0.1) is 11.8 Å². The molecule has 3 rings (SSSR count). The molecule has 1 atom stereocenters. The molecule has 0 spiro atoms. The molecule has 0 aliphatic carbocycles. The molecule has 2 aromatic rings. The van der Waals surface area contributed by atoms with Gasteiger partial charge in [0.1, 0.15) is 19.5 Å². The predicted molar refractivity (Wildman–Crippen MR) is 84.9 cm³/mol. The lowest BCUT2D eigenvalue weighted by atomic mass is 10.1. The molecular formula is C14H17N5O3S. The monoisotopic (exact) mass is 335 g/mol. The van der Waals surface area contributed by atoms with Crippen molar-refractivity contribution < 1.29 is 14.3 Å². The molecule has 1 aliphatic rings. The molecule has 0 radical (unpaired) electrons. The summed E-state index contributed by atoms with van der Waals surface area (Å²) >= 11 is 1.23. The smallest absolute Gasteiger partial charge is 0.230 e. The van der Waals surface area contributed by atoms with Crippen LogP contribution in [0.3, 0.4) is 0 Å². The molecule has 1 amide bonds. The predicted octanol–water partition coefficient (Wildman–Crippen LogP) is 0.733. The van der Waals surface area contributed by atoms with Gasteiger partial charge in [0, 0.05) is 0 Å². The fraction of sp³-hybridized carbons (Fsp3) is 0.357. The van der Waals surface area contributed by atoms with Crippen molar-refractivity contribution in [3.8, 4) is 11.5 Å². The maximum Gasteiger partial charge on any atom is 0.230 e. The molecule has 0 fully saturated rings. The van der Waals surface area contributed by atoms with Gasteiger partial charge in [0.25, 0.3) is 0 Å². The Hall–Kier alpha value is -2.42. The van der Waals surface area contributed by atoms with Crippen LogP contribution in [0.2, 0.25) is 0 Å². The third-order valence-corrected chi connectivity index (χ3v) is 4.27. The second-order valence-corrected chi connectivity index (χ2v) is 5.94. The summed E-state index contributed by atoms with van der Waals surface area (Å²) in [6.07, 6.45) is 1.39. The first kappa shape index (κ1) is 15.5. The zero-order chi connectivity index (χ0) is 16.2. The number of fused-ring (bicyclic) bond motifs is 1. The van der Waals surface area contributed by atoms with E-state index in [4.69, 9.17) is 15.3 Å². The zero-order valence-corrected chi connectivity index (χ0v) is 13.4. The van der Waals surface area contributed by atoms with Gasteiger partial charge in [-0.3, -0.25) is 4.79 Å². The largest absolute Gasteiger partial charge is 0.486 e. The van der Waals surface area contributed by atoms with Crippen molar-refractivity contribution in [2.75, 3.05) is 24.8 Å². The Morgan fingerprint density at radius 2 is 2.22 bits per heavy atom. The summed E-state index contributed by atoms with van der Waals surface area (Å²) in [5.41, 5.74) is 0.953. The van der Waals surface area contributed by atoms with E-state index in [-0.39, 0.29) is 17.7 Å². The summed E-state index contributed by atoms with van der Waals surface area (Å²) in [6.45, 7) is 3.01. The fourth-order valence-corrected chi connectivity index (χ4v) is 2.81. The van der Waals surface area contributed by atoms with E-state index in [1.165, 1.54) is 22.8 Å². The van der Waals surface area contributed by atoms with Gasteiger partial charge >= 0.3 is 0 Å². The summed E-state index contributed by atoms with van der Waals surface area (Å²) in [7, 11) is 0. The topological polar surface area (TPSA) is 104 Å². The summed E-state index contributed by atoms with van der Waals surface area (Å²) in [6, 6.07) is 5.53. The van der Waals surface area contributed by atoms with E-state index < -0.39 is 0 Å². The maximum absolute atomic E-state index is 12.0. The number of benzene rings is 1. The number of carbonyl (C=O) groups excluding carboxylic acids is 1. The number of nitrogens with one attached hydrogen (secondary N) is 1. The first-order valence-electron chi connectivity index (χ1n) is 7.10. The highest BCUT2D eigenvalue weighted by molar-refractivity contribution is 7.99. The van der Waals surface area contributed by atoms with Crippen molar-refractivity contribution in [3.63, 3.8) is 0 Å². The Labute approximate surface area is 137 Å². The van der Waals surface area contributed by atoms with Crippen molar-refractivity contribution in [2.24, 2.45) is 0 Å². The van der Waals surface area contributed by atoms with Crippen LogP contribution in [0.25, 0.3) is 0 Å². The molecular weight excluding hydrogens is 318 g/mol. The summed E-state index contributed by atoms with van der Waals surface area (Å²) < 4.78 is 12.3. The van der Waals surface area contributed by atoms with E-state index in [1.807, 2.05) is 25.1 Å². The lowest BCUT2D eigenvalue weighted by Crippen LogP contribution is -2.28. The molecule has 1 aromatic carbocycles. The number of nitrogens with two attached hydrogens (primary N) is 1. The fourth-order valence-electron chi connectivity index (χ4n) is 2.16. The van der Waals surface area contributed by atoms with Crippen molar-refractivity contribution >= 4 is 17.7 Å². The Bertz CT molecular complexity index is 705. The number of rotatable bonds is 5. The van der Waals surface area contributed by atoms with Crippen LogP contribution >= 0.6 is 11.8 Å². The first-order chi connectivity index (χ1) is 11.1. The molecule has 0 bridgehead atoms. The summed E-state index contributed by atoms with van der Waals surface area (Å²) in [5.74, 6) is 7.14. The highest BCUT2D eigenvalue weighted by atomic mass is 32.2. The van der Waals surface area contributed by atoms with Gasteiger partial charge in [-0.2, -0.15) is 0 Å². The van der Waals surface area contributed by atoms with Gasteiger partial charge in [0.2, 0.25) is 11.1 Å². The van der Waals surface area contributed by atoms with Crippen LogP contribution in [0.15, 0.2) is 29.7 Å². The van der Waals surface area contributed by atoms with Gasteiger partial charge in [-0.25, -0.2) is 4.68 Å². The van der Waals surface area contributed by atoms with Crippen LogP contribution in [-0.2, 0) is 4.79 Å². The average Bonchev–Trinajstić information content (AvgIpc) is 2.97. The van der Waals surface area contributed by atoms with Crippen LogP contribution in [0.5, 0.6) is 11.5 Å². The van der Waals surface area contributed by atoms with E-state index >= 15 is 0 Å². The number of carbonyl (C=O) groups is 1. The number of thioether (sulfide) groups is 1. The van der Waals surface area contributed by atoms with Crippen molar-refractivity contribution in [2.45, 2.75) is 18.1 Å². The first-order valence-corrected chi connectivity index (χ1v) is 8.09. The van der Waals surface area contributed by atoms with Crippen LogP contribution in [0.1, 0.15) is 18.5 Å². The van der Waals surface area contributed by atoms with E-state index in [2.05, 4.69) is 15.5 Å². The van der Waals surface area contributed by atoms with Crippen molar-refractivity contribution in [1.29, 1.82) is 0 Å². The molecule has 8 nitrogen and oxygen atoms in total. The minimum absolute atomic E-state index is 0.111. The minimum Gasteiger partial charge on any atom is -0.486 e. The number of nitrogens with zero attached hydrogens (tertiary/aromatic N) is 3. The Balaban J connectivity index is 1.57. The highest BCUT2D eigenvalue weighted by Crippen LogP contribution is 2.32. The number of hydrogen-bond acceptors (Lipinski definition) is 7. The number of nitrogen functional groups attached to an aromatic ring is 1. The van der Waals surface area contributed by atoms with Gasteiger partial charge in [-0.1, -0.05) is 17.8 Å². The van der Waals surface area contributed by atoms with E-state index in [0.29, 0.717) is 24.1 Å². The van der Waals surface area contributed by atoms with Crippen molar-refractivity contribution in [1.82, 2.24) is 20.2 Å². The summed E-state index contributed by atoms with van der Waals surface area (Å²) in [5, 5.41) is 10.9. The van der Waals surface area contributed by atoms with E-state index in [1.54, 1.807) is 0 Å². The van der Waals surface area contributed by atoms with E-state index in [9.17, 15) is 4.79 Å². The van der Waals surface area contributed by atoms with Crippen LogP contribution < -0.4 is 20.6 Å². The Morgan fingerprint density at radius 1 is 1.43 bits per heavy atom.